The van der Waals surface area contributed by atoms with Crippen molar-refractivity contribution in [1.82, 2.24) is 10.3 Å². The first kappa shape index (κ1) is 13.2. The SMILES string of the molecule is CCC(C)(C)NC(=O)c1csc(-c2ccsc2)n1. The summed E-state index contributed by atoms with van der Waals surface area (Å²) in [7, 11) is 0. The van der Waals surface area contributed by atoms with Crippen LogP contribution >= 0.6 is 22.7 Å². The van der Waals surface area contributed by atoms with E-state index >= 15 is 0 Å². The molecule has 1 N–H and O–H groups in total. The molecule has 0 atom stereocenters. The Morgan fingerprint density at radius 1 is 1.44 bits per heavy atom. The lowest BCUT2D eigenvalue weighted by Gasteiger charge is -2.23. The van der Waals surface area contributed by atoms with Crippen molar-refractivity contribution >= 4 is 28.6 Å². The Balaban J connectivity index is 2.13. The number of carbonyl (C=O) groups is 1. The molecule has 0 fully saturated rings. The maximum Gasteiger partial charge on any atom is 0.271 e. The van der Waals surface area contributed by atoms with E-state index in [1.165, 1.54) is 11.3 Å². The molecule has 96 valence electrons. The first-order valence-corrected chi connectivity index (χ1v) is 7.65. The second kappa shape index (κ2) is 5.20. The van der Waals surface area contributed by atoms with Gasteiger partial charge >= 0.3 is 0 Å². The summed E-state index contributed by atoms with van der Waals surface area (Å²) in [6.07, 6.45) is 0.889. The Hall–Kier alpha value is -1.20. The number of thiazole rings is 1. The van der Waals surface area contributed by atoms with Crippen molar-refractivity contribution < 1.29 is 4.79 Å². The summed E-state index contributed by atoms with van der Waals surface area (Å²) >= 11 is 3.14. The van der Waals surface area contributed by atoms with Crippen LogP contribution in [0, 0.1) is 0 Å². The van der Waals surface area contributed by atoms with E-state index in [1.54, 1.807) is 11.3 Å². The molecule has 0 bridgehead atoms. The fraction of sp³-hybridized carbons (Fsp3) is 0.385. The van der Waals surface area contributed by atoms with Crippen LogP contribution in [0.5, 0.6) is 0 Å². The minimum absolute atomic E-state index is 0.0976. The van der Waals surface area contributed by atoms with Crippen molar-refractivity contribution in [2.75, 3.05) is 0 Å². The van der Waals surface area contributed by atoms with Crippen molar-refractivity contribution in [3.63, 3.8) is 0 Å². The van der Waals surface area contributed by atoms with E-state index in [1.807, 2.05) is 36.1 Å². The Labute approximate surface area is 115 Å². The lowest BCUT2D eigenvalue weighted by Crippen LogP contribution is -2.42. The molecule has 0 aromatic carbocycles. The van der Waals surface area contributed by atoms with E-state index in [0.717, 1.165) is 17.0 Å². The molecule has 0 saturated carbocycles. The van der Waals surface area contributed by atoms with E-state index in [-0.39, 0.29) is 11.4 Å². The number of thiophene rings is 1. The van der Waals surface area contributed by atoms with E-state index in [9.17, 15) is 4.79 Å². The van der Waals surface area contributed by atoms with Gasteiger partial charge in [0.1, 0.15) is 10.7 Å². The minimum atomic E-state index is -0.191. The van der Waals surface area contributed by atoms with Gasteiger partial charge in [-0.3, -0.25) is 4.79 Å². The van der Waals surface area contributed by atoms with Crippen LogP contribution in [-0.2, 0) is 0 Å². The molecule has 3 nitrogen and oxygen atoms in total. The number of carbonyl (C=O) groups excluding carboxylic acids is 1. The zero-order valence-corrected chi connectivity index (χ0v) is 12.3. The van der Waals surface area contributed by atoms with Crippen LogP contribution in [0.1, 0.15) is 37.7 Å². The summed E-state index contributed by atoms with van der Waals surface area (Å²) in [6, 6.07) is 2.02. The molecular formula is C13H16N2OS2. The normalized spacial score (nSPS) is 11.5. The van der Waals surface area contributed by atoms with E-state index in [0.29, 0.717) is 5.69 Å². The molecule has 0 radical (unpaired) electrons. The zero-order chi connectivity index (χ0) is 13.2. The van der Waals surface area contributed by atoms with Crippen LogP contribution in [0.15, 0.2) is 22.2 Å². The van der Waals surface area contributed by atoms with Gasteiger partial charge < -0.3 is 5.32 Å². The number of rotatable bonds is 4. The van der Waals surface area contributed by atoms with Crippen LogP contribution in [0.2, 0.25) is 0 Å². The fourth-order valence-electron chi connectivity index (χ4n) is 1.36. The van der Waals surface area contributed by atoms with Crippen LogP contribution in [-0.4, -0.2) is 16.4 Å². The van der Waals surface area contributed by atoms with Crippen LogP contribution in [0.25, 0.3) is 10.6 Å². The van der Waals surface area contributed by atoms with E-state index < -0.39 is 0 Å². The van der Waals surface area contributed by atoms with Crippen molar-refractivity contribution in [1.29, 1.82) is 0 Å². The van der Waals surface area contributed by atoms with Gasteiger partial charge in [-0.25, -0.2) is 4.98 Å². The first-order chi connectivity index (χ1) is 8.52. The second-order valence-electron chi connectivity index (χ2n) is 4.74. The van der Waals surface area contributed by atoms with Crippen molar-refractivity contribution in [2.45, 2.75) is 32.7 Å². The average Bonchev–Trinajstić information content (AvgIpc) is 2.99. The molecule has 18 heavy (non-hydrogen) atoms. The summed E-state index contributed by atoms with van der Waals surface area (Å²) in [4.78, 5) is 16.4. The van der Waals surface area contributed by atoms with Gasteiger partial charge in [-0.15, -0.1) is 11.3 Å². The number of hydrogen-bond donors (Lipinski definition) is 1. The lowest BCUT2D eigenvalue weighted by molar-refractivity contribution is 0.0907. The molecule has 0 aliphatic rings. The molecule has 2 aromatic rings. The average molecular weight is 280 g/mol. The van der Waals surface area contributed by atoms with Gasteiger partial charge in [-0.05, 0) is 31.7 Å². The molecule has 2 aromatic heterocycles. The maximum absolute atomic E-state index is 12.0. The van der Waals surface area contributed by atoms with Gasteiger partial charge in [0.05, 0.1) is 0 Å². The predicted molar refractivity (Wildman–Crippen MR) is 77.3 cm³/mol. The molecule has 0 aliphatic heterocycles. The lowest BCUT2D eigenvalue weighted by atomic mass is 10.0. The predicted octanol–water partition coefficient (Wildman–Crippen LogP) is 3.79. The number of amides is 1. The van der Waals surface area contributed by atoms with Gasteiger partial charge in [0.25, 0.3) is 5.91 Å². The highest BCUT2D eigenvalue weighted by Gasteiger charge is 2.20. The van der Waals surface area contributed by atoms with Gasteiger partial charge in [0.2, 0.25) is 0 Å². The van der Waals surface area contributed by atoms with Crippen LogP contribution in [0.4, 0.5) is 0 Å². The molecule has 0 saturated heterocycles. The Kier molecular flexibility index (Phi) is 3.82. The number of nitrogens with zero attached hydrogens (tertiary/aromatic N) is 1. The van der Waals surface area contributed by atoms with E-state index in [2.05, 4.69) is 17.2 Å². The summed E-state index contributed by atoms with van der Waals surface area (Å²) in [5.41, 5.74) is 1.39. The van der Waals surface area contributed by atoms with Crippen molar-refractivity contribution in [2.24, 2.45) is 0 Å². The molecule has 2 heterocycles. The highest BCUT2D eigenvalue weighted by Crippen LogP contribution is 2.25. The molecule has 0 unspecified atom stereocenters. The second-order valence-corrected chi connectivity index (χ2v) is 6.38. The molecular weight excluding hydrogens is 264 g/mol. The summed E-state index contributed by atoms with van der Waals surface area (Å²) in [5.74, 6) is -0.0976. The zero-order valence-electron chi connectivity index (χ0n) is 10.7. The maximum atomic E-state index is 12.0. The summed E-state index contributed by atoms with van der Waals surface area (Å²) in [5, 5.41) is 9.75. The van der Waals surface area contributed by atoms with Gasteiger partial charge in [0.15, 0.2) is 0 Å². The third-order valence-electron chi connectivity index (χ3n) is 2.84. The Morgan fingerprint density at radius 3 is 2.83 bits per heavy atom. The van der Waals surface area contributed by atoms with E-state index in [4.69, 9.17) is 0 Å². The molecule has 0 spiro atoms. The summed E-state index contributed by atoms with van der Waals surface area (Å²) in [6.45, 7) is 6.08. The van der Waals surface area contributed by atoms with Crippen LogP contribution in [0.3, 0.4) is 0 Å². The number of aromatic nitrogens is 1. The smallest absolute Gasteiger partial charge is 0.271 e. The summed E-state index contributed by atoms with van der Waals surface area (Å²) < 4.78 is 0. The molecule has 1 amide bonds. The molecule has 2 rings (SSSR count). The monoisotopic (exact) mass is 280 g/mol. The molecule has 0 aliphatic carbocycles. The Bertz CT molecular complexity index is 529. The largest absolute Gasteiger partial charge is 0.346 e. The highest BCUT2D eigenvalue weighted by molar-refractivity contribution is 7.14. The molecule has 5 heteroatoms. The third-order valence-corrected chi connectivity index (χ3v) is 4.42. The highest BCUT2D eigenvalue weighted by atomic mass is 32.1. The quantitative estimate of drug-likeness (QED) is 0.925. The topological polar surface area (TPSA) is 42.0 Å². The van der Waals surface area contributed by atoms with Crippen molar-refractivity contribution in [3.05, 3.63) is 27.9 Å². The third kappa shape index (κ3) is 2.97. The van der Waals surface area contributed by atoms with Crippen molar-refractivity contribution in [3.8, 4) is 10.6 Å². The van der Waals surface area contributed by atoms with Gasteiger partial charge in [-0.2, -0.15) is 11.3 Å². The number of nitrogens with one attached hydrogen (secondary N) is 1. The first-order valence-electron chi connectivity index (χ1n) is 5.82. The fourth-order valence-corrected chi connectivity index (χ4v) is 2.87. The standard InChI is InChI=1S/C13H16N2OS2/c1-4-13(2,3)15-11(16)10-8-18-12(14-10)9-5-6-17-7-9/h5-8H,4H2,1-3H3,(H,15,16). The van der Waals surface area contributed by atoms with Gasteiger partial charge in [-0.1, -0.05) is 6.92 Å². The van der Waals surface area contributed by atoms with Crippen LogP contribution < -0.4 is 5.32 Å². The minimum Gasteiger partial charge on any atom is -0.346 e. The Morgan fingerprint density at radius 2 is 2.22 bits per heavy atom. The number of hydrogen-bond acceptors (Lipinski definition) is 4. The van der Waals surface area contributed by atoms with Gasteiger partial charge in [0, 0.05) is 21.9 Å².